The van der Waals surface area contributed by atoms with Crippen LogP contribution in [0.25, 0.3) is 0 Å². The third-order valence-corrected chi connectivity index (χ3v) is 6.39. The van der Waals surface area contributed by atoms with E-state index >= 15 is 0 Å². The molecule has 0 bridgehead atoms. The Kier molecular flexibility index (Phi) is 5.05. The van der Waals surface area contributed by atoms with Crippen LogP contribution >= 0.6 is 0 Å². The Hall–Kier alpha value is -0.530. The number of amides is 1. The molecule has 122 valence electrons. The lowest BCUT2D eigenvalue weighted by Gasteiger charge is -2.31. The number of hydrogen-bond acceptors (Lipinski definition) is 1. The molecule has 1 amide bonds. The Labute approximate surface area is 131 Å². The van der Waals surface area contributed by atoms with Gasteiger partial charge in [0.05, 0.1) is 0 Å². The van der Waals surface area contributed by atoms with Crippen LogP contribution in [0.2, 0.25) is 0 Å². The van der Waals surface area contributed by atoms with Gasteiger partial charge in [-0.25, -0.2) is 0 Å². The molecule has 0 N–H and O–H groups in total. The minimum absolute atomic E-state index is 0.0723. The molecule has 2 aliphatic rings. The minimum Gasteiger partial charge on any atom is -0.342 e. The maximum atomic E-state index is 13.0. The van der Waals surface area contributed by atoms with Crippen LogP contribution in [0.3, 0.4) is 0 Å². The molecule has 0 aromatic heterocycles. The summed E-state index contributed by atoms with van der Waals surface area (Å²) in [6.45, 7) is 13.4. The number of rotatable bonds is 5. The Morgan fingerprint density at radius 3 is 2.43 bits per heavy atom. The number of hydrogen-bond donors (Lipinski definition) is 0. The molecule has 0 aromatic rings. The molecule has 21 heavy (non-hydrogen) atoms. The van der Waals surface area contributed by atoms with Gasteiger partial charge in [0.15, 0.2) is 0 Å². The van der Waals surface area contributed by atoms with E-state index in [1.54, 1.807) is 0 Å². The van der Waals surface area contributed by atoms with E-state index < -0.39 is 0 Å². The topological polar surface area (TPSA) is 20.3 Å². The summed E-state index contributed by atoms with van der Waals surface area (Å²) in [5.74, 6) is 1.98. The highest BCUT2D eigenvalue weighted by atomic mass is 16.2. The van der Waals surface area contributed by atoms with E-state index in [0.29, 0.717) is 11.3 Å². The van der Waals surface area contributed by atoms with Gasteiger partial charge in [0.25, 0.3) is 0 Å². The van der Waals surface area contributed by atoms with Gasteiger partial charge < -0.3 is 4.90 Å². The van der Waals surface area contributed by atoms with Crippen LogP contribution < -0.4 is 0 Å². The molecule has 1 saturated carbocycles. The second-order valence-electron chi connectivity index (χ2n) is 8.48. The predicted octanol–water partition coefficient (Wildman–Crippen LogP) is 4.88. The summed E-state index contributed by atoms with van der Waals surface area (Å²) < 4.78 is 0. The number of nitrogens with zero attached hydrogens (tertiary/aromatic N) is 1. The largest absolute Gasteiger partial charge is 0.342 e. The van der Waals surface area contributed by atoms with Crippen molar-refractivity contribution in [2.45, 2.75) is 79.6 Å². The minimum atomic E-state index is -0.0723. The highest BCUT2D eigenvalue weighted by molar-refractivity contribution is 5.83. The fraction of sp³-hybridized carbons (Fsp3) is 0.947. The van der Waals surface area contributed by atoms with Gasteiger partial charge in [0.1, 0.15) is 0 Å². The predicted molar refractivity (Wildman–Crippen MR) is 89.1 cm³/mol. The zero-order chi connectivity index (χ0) is 15.7. The van der Waals surface area contributed by atoms with Crippen LogP contribution in [0.15, 0.2) is 0 Å². The van der Waals surface area contributed by atoms with Gasteiger partial charge in [0.2, 0.25) is 5.91 Å². The first-order valence-corrected chi connectivity index (χ1v) is 9.13. The van der Waals surface area contributed by atoms with Crippen molar-refractivity contribution in [1.29, 1.82) is 0 Å². The molecule has 1 aliphatic carbocycles. The normalized spacial score (nSPS) is 32.1. The fourth-order valence-electron chi connectivity index (χ4n) is 4.74. The van der Waals surface area contributed by atoms with Gasteiger partial charge in [-0.1, -0.05) is 34.6 Å². The lowest BCUT2D eigenvalue weighted by molar-refractivity contribution is -0.140. The molecule has 0 radical (unpaired) electrons. The number of carbonyl (C=O) groups is 1. The summed E-state index contributed by atoms with van der Waals surface area (Å²) in [4.78, 5) is 15.2. The van der Waals surface area contributed by atoms with E-state index in [2.05, 4.69) is 39.5 Å². The molecule has 1 aliphatic heterocycles. The molecule has 0 aromatic carbocycles. The molecular weight excluding hydrogens is 258 g/mol. The highest BCUT2D eigenvalue weighted by Gasteiger charge is 2.46. The molecule has 2 fully saturated rings. The van der Waals surface area contributed by atoms with Crippen molar-refractivity contribution in [1.82, 2.24) is 4.90 Å². The molecule has 2 unspecified atom stereocenters. The van der Waals surface area contributed by atoms with E-state index in [0.717, 1.165) is 37.8 Å². The smallest absolute Gasteiger partial charge is 0.228 e. The summed E-state index contributed by atoms with van der Waals surface area (Å²) in [5, 5.41) is 0. The van der Waals surface area contributed by atoms with Gasteiger partial charge >= 0.3 is 0 Å². The van der Waals surface area contributed by atoms with Crippen LogP contribution in [0, 0.1) is 22.7 Å². The third-order valence-electron chi connectivity index (χ3n) is 6.39. The fourth-order valence-corrected chi connectivity index (χ4v) is 4.74. The summed E-state index contributed by atoms with van der Waals surface area (Å²) in [5.41, 5.74) is 0.332. The lowest BCUT2D eigenvalue weighted by atomic mass is 9.81. The van der Waals surface area contributed by atoms with Crippen LogP contribution in [-0.2, 0) is 4.79 Å². The van der Waals surface area contributed by atoms with Gasteiger partial charge in [-0.15, -0.1) is 0 Å². The van der Waals surface area contributed by atoms with Crippen LogP contribution in [0.1, 0.15) is 79.6 Å². The van der Waals surface area contributed by atoms with Crippen LogP contribution in [-0.4, -0.2) is 23.9 Å². The number of carbonyl (C=O) groups excluding carboxylic acids is 1. The van der Waals surface area contributed by atoms with E-state index in [9.17, 15) is 4.79 Å². The molecule has 0 spiro atoms. The van der Waals surface area contributed by atoms with Gasteiger partial charge in [0, 0.05) is 18.5 Å². The quantitative estimate of drug-likeness (QED) is 0.707. The molecular formula is C19H35NO. The van der Waals surface area contributed by atoms with E-state index in [4.69, 9.17) is 0 Å². The molecule has 2 atom stereocenters. The first-order valence-electron chi connectivity index (χ1n) is 9.13. The first-order chi connectivity index (χ1) is 9.84. The maximum Gasteiger partial charge on any atom is 0.228 e. The average Bonchev–Trinajstić information content (AvgIpc) is 3.03. The molecule has 2 rings (SSSR count). The Morgan fingerprint density at radius 2 is 1.90 bits per heavy atom. The number of likely N-dealkylation sites (tertiary alicyclic amines) is 1. The molecule has 2 nitrogen and oxygen atoms in total. The van der Waals surface area contributed by atoms with Crippen molar-refractivity contribution in [2.75, 3.05) is 13.1 Å². The van der Waals surface area contributed by atoms with Gasteiger partial charge in [-0.3, -0.25) is 4.79 Å². The summed E-state index contributed by atoms with van der Waals surface area (Å²) in [6, 6.07) is 0. The summed E-state index contributed by atoms with van der Waals surface area (Å²) >= 11 is 0. The van der Waals surface area contributed by atoms with E-state index in [1.165, 1.54) is 32.1 Å². The van der Waals surface area contributed by atoms with Crippen molar-refractivity contribution in [3.63, 3.8) is 0 Å². The van der Waals surface area contributed by atoms with Crippen molar-refractivity contribution in [3.8, 4) is 0 Å². The second kappa shape index (κ2) is 6.30. The zero-order valence-corrected chi connectivity index (χ0v) is 14.9. The van der Waals surface area contributed by atoms with Crippen molar-refractivity contribution in [2.24, 2.45) is 22.7 Å². The van der Waals surface area contributed by atoms with Gasteiger partial charge in [-0.05, 0) is 62.2 Å². The maximum absolute atomic E-state index is 13.0. The Balaban J connectivity index is 1.98. The summed E-state index contributed by atoms with van der Waals surface area (Å²) in [6.07, 6.45) is 8.38. The average molecular weight is 293 g/mol. The lowest BCUT2D eigenvalue weighted by Crippen LogP contribution is -2.41. The zero-order valence-electron chi connectivity index (χ0n) is 14.9. The van der Waals surface area contributed by atoms with Crippen molar-refractivity contribution < 1.29 is 4.79 Å². The van der Waals surface area contributed by atoms with Crippen LogP contribution in [0.5, 0.6) is 0 Å². The standard InChI is InChI=1S/C19H35NO/c1-6-19(7-2)10-11-20(14-19)17(21)18(5)9-8-16(13-18)12-15(3)4/h15-16H,6-14H2,1-5H3. The monoisotopic (exact) mass is 293 g/mol. The Bertz CT molecular complexity index is 372. The first kappa shape index (κ1) is 16.8. The third kappa shape index (κ3) is 3.46. The SMILES string of the molecule is CCC1(CC)CCN(C(=O)C2(C)CCC(CC(C)C)C2)C1. The second-order valence-corrected chi connectivity index (χ2v) is 8.48. The van der Waals surface area contributed by atoms with Crippen molar-refractivity contribution in [3.05, 3.63) is 0 Å². The van der Waals surface area contributed by atoms with E-state index in [1.807, 2.05) is 0 Å². The van der Waals surface area contributed by atoms with Gasteiger partial charge in [-0.2, -0.15) is 0 Å². The molecule has 2 heteroatoms. The molecule has 1 saturated heterocycles. The Morgan fingerprint density at radius 1 is 1.24 bits per heavy atom. The highest BCUT2D eigenvalue weighted by Crippen LogP contribution is 2.47. The van der Waals surface area contributed by atoms with Crippen molar-refractivity contribution >= 4 is 5.91 Å². The molecule has 1 heterocycles. The van der Waals surface area contributed by atoms with E-state index in [-0.39, 0.29) is 5.41 Å². The summed E-state index contributed by atoms with van der Waals surface area (Å²) in [7, 11) is 0. The van der Waals surface area contributed by atoms with Crippen LogP contribution in [0.4, 0.5) is 0 Å².